The van der Waals surface area contributed by atoms with Crippen molar-refractivity contribution in [3.63, 3.8) is 0 Å². The summed E-state index contributed by atoms with van der Waals surface area (Å²) in [4.78, 5) is 24.1. The summed E-state index contributed by atoms with van der Waals surface area (Å²) in [5, 5.41) is 2.66. The van der Waals surface area contributed by atoms with Crippen LogP contribution >= 0.6 is 0 Å². The lowest BCUT2D eigenvalue weighted by Gasteiger charge is -2.15. The van der Waals surface area contributed by atoms with Crippen molar-refractivity contribution < 1.29 is 22.4 Å². The molecule has 0 spiro atoms. The fourth-order valence-corrected chi connectivity index (χ4v) is 2.64. The number of fused-ring (bicyclic) bond motifs is 1. The Kier molecular flexibility index (Phi) is 4.58. The van der Waals surface area contributed by atoms with Crippen molar-refractivity contribution in [2.45, 2.75) is 25.7 Å². The van der Waals surface area contributed by atoms with Crippen LogP contribution in [-0.4, -0.2) is 10.5 Å². The van der Waals surface area contributed by atoms with Gasteiger partial charge in [-0.2, -0.15) is 13.2 Å². The van der Waals surface area contributed by atoms with Crippen LogP contribution in [-0.2, 0) is 17.5 Å². The number of benzene rings is 2. The van der Waals surface area contributed by atoms with Crippen molar-refractivity contribution in [1.29, 1.82) is 0 Å². The Bertz CT molecular complexity index is 987. The van der Waals surface area contributed by atoms with Crippen molar-refractivity contribution in [1.82, 2.24) is 9.88 Å². The van der Waals surface area contributed by atoms with Gasteiger partial charge in [-0.25, -0.2) is 4.79 Å². The van der Waals surface area contributed by atoms with Crippen LogP contribution in [0.2, 0.25) is 0 Å². The molecule has 26 heavy (non-hydrogen) atoms. The summed E-state index contributed by atoms with van der Waals surface area (Å²) in [6.07, 6.45) is -4.41. The summed E-state index contributed by atoms with van der Waals surface area (Å²) in [5.74, 6) is -1.10. The lowest BCUT2D eigenvalue weighted by molar-refractivity contribution is -0.137. The number of rotatable bonds is 4. The molecule has 0 aliphatic carbocycles. The quantitative estimate of drug-likeness (QED) is 0.771. The Morgan fingerprint density at radius 2 is 1.81 bits per heavy atom. The summed E-state index contributed by atoms with van der Waals surface area (Å²) in [6, 6.07) is 10.7. The van der Waals surface area contributed by atoms with Gasteiger partial charge >= 0.3 is 11.9 Å². The number of nitrogens with zero attached hydrogens (tertiary/aromatic N) is 1. The topological polar surface area (TPSA) is 64.2 Å². The van der Waals surface area contributed by atoms with Crippen molar-refractivity contribution >= 4 is 17.0 Å². The van der Waals surface area contributed by atoms with E-state index in [2.05, 4.69) is 5.32 Å². The van der Waals surface area contributed by atoms with Crippen molar-refractivity contribution in [2.24, 2.45) is 0 Å². The van der Waals surface area contributed by atoms with Crippen molar-refractivity contribution in [3.05, 3.63) is 70.2 Å². The third-order valence-electron chi connectivity index (χ3n) is 3.99. The molecule has 0 saturated heterocycles. The van der Waals surface area contributed by atoms with Crippen LogP contribution in [0, 0.1) is 0 Å². The zero-order valence-corrected chi connectivity index (χ0v) is 13.7. The van der Waals surface area contributed by atoms with Gasteiger partial charge in [0.05, 0.1) is 17.1 Å². The maximum absolute atomic E-state index is 12.6. The van der Waals surface area contributed by atoms with E-state index < -0.39 is 29.4 Å². The molecule has 2 aromatic carbocycles. The molecule has 5 nitrogen and oxygen atoms in total. The molecule has 1 aromatic heterocycles. The minimum atomic E-state index is -4.41. The zero-order chi connectivity index (χ0) is 18.9. The number of oxazole rings is 1. The standard InChI is InChI=1S/C18H15F3N2O3/c1-11(12-6-8-13(9-7-12)18(19,20)21)22-16(24)10-23-14-4-2-3-5-15(14)26-17(23)25/h2-9,11H,10H2,1H3,(H,22,24)/t11-/m0/s1. The number of carbonyl (C=O) groups excluding carboxylic acids is 1. The number of halogens is 3. The maximum Gasteiger partial charge on any atom is 0.420 e. The molecule has 8 heteroatoms. The first kappa shape index (κ1) is 17.8. The molecule has 1 atom stereocenters. The lowest BCUT2D eigenvalue weighted by atomic mass is 10.1. The largest absolute Gasteiger partial charge is 0.420 e. The number of amides is 1. The van der Waals surface area contributed by atoms with Gasteiger partial charge in [-0.15, -0.1) is 0 Å². The fraction of sp³-hybridized carbons (Fsp3) is 0.222. The summed E-state index contributed by atoms with van der Waals surface area (Å²) in [7, 11) is 0. The van der Waals surface area contributed by atoms with Crippen LogP contribution < -0.4 is 11.1 Å². The third-order valence-corrected chi connectivity index (χ3v) is 3.99. The molecule has 1 heterocycles. The predicted molar refractivity (Wildman–Crippen MR) is 88.5 cm³/mol. The Labute approximate surface area is 146 Å². The fourth-order valence-electron chi connectivity index (χ4n) is 2.64. The molecule has 0 unspecified atom stereocenters. The smallest absolute Gasteiger partial charge is 0.408 e. The van der Waals surface area contributed by atoms with E-state index in [0.717, 1.165) is 12.1 Å². The van der Waals surface area contributed by atoms with Gasteiger partial charge in [-0.1, -0.05) is 24.3 Å². The van der Waals surface area contributed by atoms with Crippen LogP contribution in [0.1, 0.15) is 24.1 Å². The van der Waals surface area contributed by atoms with Crippen molar-refractivity contribution in [3.8, 4) is 0 Å². The second-order valence-corrected chi connectivity index (χ2v) is 5.83. The Balaban J connectivity index is 1.71. The second kappa shape index (κ2) is 6.70. The molecule has 0 saturated carbocycles. The number of para-hydroxylation sites is 2. The SMILES string of the molecule is C[C@H](NC(=O)Cn1c(=O)oc2ccccc21)c1ccc(C(F)(F)F)cc1. The highest BCUT2D eigenvalue weighted by atomic mass is 19.4. The van der Waals surface area contributed by atoms with Gasteiger partial charge in [-0.3, -0.25) is 9.36 Å². The molecule has 3 rings (SSSR count). The summed E-state index contributed by atoms with van der Waals surface area (Å²) in [6.45, 7) is 1.40. The Hall–Kier alpha value is -3.03. The first-order valence-corrected chi connectivity index (χ1v) is 7.80. The number of hydrogen-bond donors (Lipinski definition) is 1. The summed E-state index contributed by atoms with van der Waals surface area (Å²) in [5.41, 5.74) is 0.642. The molecule has 0 aliphatic heterocycles. The molecule has 1 N–H and O–H groups in total. The van der Waals surface area contributed by atoms with Gasteiger partial charge in [0.15, 0.2) is 5.58 Å². The first-order chi connectivity index (χ1) is 12.3. The Morgan fingerprint density at radius 3 is 2.46 bits per heavy atom. The highest BCUT2D eigenvalue weighted by Gasteiger charge is 2.30. The normalized spacial score (nSPS) is 12.9. The lowest BCUT2D eigenvalue weighted by Crippen LogP contribution is -2.32. The van der Waals surface area contributed by atoms with Gasteiger partial charge in [0.25, 0.3) is 0 Å². The van der Waals surface area contributed by atoms with Crippen LogP contribution in [0.15, 0.2) is 57.7 Å². The van der Waals surface area contributed by atoms with E-state index in [1.165, 1.54) is 16.7 Å². The van der Waals surface area contributed by atoms with Gasteiger partial charge in [0, 0.05) is 0 Å². The molecular formula is C18H15F3N2O3. The van der Waals surface area contributed by atoms with E-state index in [4.69, 9.17) is 4.42 Å². The second-order valence-electron chi connectivity index (χ2n) is 5.83. The highest BCUT2D eigenvalue weighted by molar-refractivity contribution is 5.79. The minimum Gasteiger partial charge on any atom is -0.408 e. The predicted octanol–water partition coefficient (Wildman–Crippen LogP) is 3.49. The molecule has 3 aromatic rings. The number of aromatic nitrogens is 1. The molecule has 0 bridgehead atoms. The molecule has 0 aliphatic rings. The number of carbonyl (C=O) groups is 1. The van der Waals surface area contributed by atoms with E-state index in [9.17, 15) is 22.8 Å². The number of hydrogen-bond acceptors (Lipinski definition) is 3. The van der Waals surface area contributed by atoms with Crippen LogP contribution in [0.5, 0.6) is 0 Å². The van der Waals surface area contributed by atoms with E-state index in [0.29, 0.717) is 16.7 Å². The monoisotopic (exact) mass is 364 g/mol. The summed E-state index contributed by atoms with van der Waals surface area (Å²) >= 11 is 0. The molecular weight excluding hydrogens is 349 g/mol. The molecule has 0 radical (unpaired) electrons. The van der Waals surface area contributed by atoms with Crippen LogP contribution in [0.3, 0.4) is 0 Å². The van der Waals surface area contributed by atoms with E-state index in [-0.39, 0.29) is 6.54 Å². The van der Waals surface area contributed by atoms with Gasteiger partial charge in [0.1, 0.15) is 6.54 Å². The van der Waals surface area contributed by atoms with Gasteiger partial charge in [-0.05, 0) is 36.8 Å². The minimum absolute atomic E-state index is 0.249. The Morgan fingerprint density at radius 1 is 1.15 bits per heavy atom. The van der Waals surface area contributed by atoms with E-state index >= 15 is 0 Å². The number of alkyl halides is 3. The van der Waals surface area contributed by atoms with E-state index in [1.54, 1.807) is 31.2 Å². The molecule has 0 fully saturated rings. The van der Waals surface area contributed by atoms with Gasteiger partial charge in [0.2, 0.25) is 5.91 Å². The number of nitrogens with one attached hydrogen (secondary N) is 1. The maximum atomic E-state index is 12.6. The molecule has 136 valence electrons. The van der Waals surface area contributed by atoms with Crippen molar-refractivity contribution in [2.75, 3.05) is 0 Å². The van der Waals surface area contributed by atoms with Crippen LogP contribution in [0.25, 0.3) is 11.1 Å². The third kappa shape index (κ3) is 3.63. The van der Waals surface area contributed by atoms with Crippen LogP contribution in [0.4, 0.5) is 13.2 Å². The zero-order valence-electron chi connectivity index (χ0n) is 13.7. The van der Waals surface area contributed by atoms with E-state index in [1.807, 2.05) is 0 Å². The highest BCUT2D eigenvalue weighted by Crippen LogP contribution is 2.29. The molecule has 1 amide bonds. The van der Waals surface area contributed by atoms with Gasteiger partial charge < -0.3 is 9.73 Å². The summed E-state index contributed by atoms with van der Waals surface area (Å²) < 4.78 is 44.0. The average Bonchev–Trinajstić information content (AvgIpc) is 2.90. The first-order valence-electron chi connectivity index (χ1n) is 7.80. The average molecular weight is 364 g/mol.